The van der Waals surface area contributed by atoms with Crippen molar-refractivity contribution in [3.05, 3.63) is 63.1 Å². The number of aryl methyl sites for hydroxylation is 2. The van der Waals surface area contributed by atoms with Crippen LogP contribution in [0.3, 0.4) is 0 Å². The number of rotatable bonds is 7. The number of halogens is 1. The summed E-state index contributed by atoms with van der Waals surface area (Å²) in [6, 6.07) is 12.4. The van der Waals surface area contributed by atoms with Crippen LogP contribution in [0, 0.1) is 13.8 Å². The molecule has 0 fully saturated rings. The van der Waals surface area contributed by atoms with E-state index < -0.39 is 0 Å². The summed E-state index contributed by atoms with van der Waals surface area (Å²) in [5.74, 6) is 1.10. The highest BCUT2D eigenvalue weighted by Crippen LogP contribution is 2.25. The summed E-state index contributed by atoms with van der Waals surface area (Å²) in [6.45, 7) is 4.18. The lowest BCUT2D eigenvalue weighted by Gasteiger charge is -2.14. The lowest BCUT2D eigenvalue weighted by atomic mass is 10.1. The minimum Gasteiger partial charge on any atom is -0.377 e. The molecule has 0 saturated heterocycles. The zero-order valence-corrected chi connectivity index (χ0v) is 17.9. The van der Waals surface area contributed by atoms with Gasteiger partial charge in [0.15, 0.2) is 0 Å². The summed E-state index contributed by atoms with van der Waals surface area (Å²) < 4.78 is 0.988. The van der Waals surface area contributed by atoms with E-state index in [1.807, 2.05) is 37.2 Å². The van der Waals surface area contributed by atoms with Crippen LogP contribution >= 0.6 is 27.7 Å². The van der Waals surface area contributed by atoms with Gasteiger partial charge in [0.1, 0.15) is 0 Å². The quantitative estimate of drug-likeness (QED) is 0.515. The molecule has 26 heavy (non-hydrogen) atoms. The molecule has 2 aromatic carbocycles. The van der Waals surface area contributed by atoms with Crippen LogP contribution in [-0.2, 0) is 10.5 Å². The molecule has 0 radical (unpaired) electrons. The molecule has 0 aromatic heterocycles. The second-order valence-corrected chi connectivity index (χ2v) is 8.23. The second-order valence-electron chi connectivity index (χ2n) is 6.39. The molecular formula is C20H24BrN3OS. The molecule has 2 rings (SSSR count). The zero-order chi connectivity index (χ0) is 19.1. The maximum Gasteiger partial charge on any atom is 0.250 e. The fourth-order valence-corrected chi connectivity index (χ4v) is 4.10. The number of hydrogen-bond donors (Lipinski definition) is 1. The molecule has 138 valence electrons. The number of carbonyl (C=O) groups is 1. The molecule has 0 aliphatic heterocycles. The summed E-state index contributed by atoms with van der Waals surface area (Å²) in [6.07, 6.45) is 1.65. The van der Waals surface area contributed by atoms with Crippen LogP contribution in [0.2, 0.25) is 0 Å². The van der Waals surface area contributed by atoms with Crippen molar-refractivity contribution in [2.75, 3.05) is 24.7 Å². The zero-order valence-electron chi connectivity index (χ0n) is 15.5. The monoisotopic (exact) mass is 433 g/mol. The van der Waals surface area contributed by atoms with Crippen molar-refractivity contribution >= 4 is 45.5 Å². The van der Waals surface area contributed by atoms with Crippen LogP contribution < -0.4 is 10.3 Å². The molecular weight excluding hydrogens is 410 g/mol. The Morgan fingerprint density at radius 2 is 1.88 bits per heavy atom. The molecule has 1 N–H and O–H groups in total. The van der Waals surface area contributed by atoms with Gasteiger partial charge >= 0.3 is 0 Å². The molecule has 0 aliphatic carbocycles. The molecule has 0 heterocycles. The van der Waals surface area contributed by atoms with E-state index in [0.29, 0.717) is 5.75 Å². The lowest BCUT2D eigenvalue weighted by Crippen LogP contribution is -2.19. The van der Waals surface area contributed by atoms with Gasteiger partial charge < -0.3 is 4.90 Å². The summed E-state index contributed by atoms with van der Waals surface area (Å²) in [7, 11) is 3.98. The van der Waals surface area contributed by atoms with E-state index >= 15 is 0 Å². The largest absolute Gasteiger partial charge is 0.377 e. The molecule has 0 saturated carbocycles. The molecule has 0 bridgehead atoms. The predicted molar refractivity (Wildman–Crippen MR) is 116 cm³/mol. The van der Waals surface area contributed by atoms with Gasteiger partial charge in [0, 0.05) is 24.3 Å². The summed E-state index contributed by atoms with van der Waals surface area (Å²) >= 11 is 5.13. The van der Waals surface area contributed by atoms with Crippen molar-refractivity contribution in [1.82, 2.24) is 5.43 Å². The van der Waals surface area contributed by atoms with E-state index in [1.165, 1.54) is 16.7 Å². The van der Waals surface area contributed by atoms with Gasteiger partial charge in [0.2, 0.25) is 5.91 Å². The predicted octanol–water partition coefficient (Wildman–Crippen LogP) is 4.52. The van der Waals surface area contributed by atoms with E-state index in [0.717, 1.165) is 21.5 Å². The third kappa shape index (κ3) is 6.50. The number of thioether (sulfide) groups is 1. The normalized spacial score (nSPS) is 11.0. The lowest BCUT2D eigenvalue weighted by molar-refractivity contribution is -0.118. The van der Waals surface area contributed by atoms with Crippen molar-refractivity contribution in [2.24, 2.45) is 5.10 Å². The van der Waals surface area contributed by atoms with Crippen LogP contribution in [0.1, 0.15) is 22.3 Å². The summed E-state index contributed by atoms with van der Waals surface area (Å²) in [4.78, 5) is 13.9. The van der Waals surface area contributed by atoms with Crippen LogP contribution in [0.15, 0.2) is 46.0 Å². The number of anilines is 1. The van der Waals surface area contributed by atoms with Gasteiger partial charge in [0.05, 0.1) is 17.7 Å². The van der Waals surface area contributed by atoms with Crippen LogP contribution in [0.5, 0.6) is 0 Å². The molecule has 4 nitrogen and oxygen atoms in total. The highest BCUT2D eigenvalue weighted by molar-refractivity contribution is 9.10. The van der Waals surface area contributed by atoms with E-state index in [1.54, 1.807) is 18.0 Å². The first-order chi connectivity index (χ1) is 12.3. The number of carbonyl (C=O) groups excluding carboxylic acids is 1. The van der Waals surface area contributed by atoms with Gasteiger partial charge in [-0.3, -0.25) is 4.79 Å². The Morgan fingerprint density at radius 3 is 2.50 bits per heavy atom. The Hall–Kier alpha value is -1.79. The third-order valence-corrected chi connectivity index (χ3v) is 5.28. The van der Waals surface area contributed by atoms with Crippen LogP contribution in [0.25, 0.3) is 0 Å². The summed E-state index contributed by atoms with van der Waals surface area (Å²) in [5, 5.41) is 4.04. The van der Waals surface area contributed by atoms with Gasteiger partial charge in [-0.25, -0.2) is 5.43 Å². The Kier molecular flexibility index (Phi) is 7.72. The van der Waals surface area contributed by atoms with Crippen molar-refractivity contribution in [3.63, 3.8) is 0 Å². The molecule has 0 unspecified atom stereocenters. The molecule has 1 amide bonds. The van der Waals surface area contributed by atoms with Gasteiger partial charge in [-0.15, -0.1) is 11.8 Å². The first-order valence-corrected chi connectivity index (χ1v) is 10.2. The van der Waals surface area contributed by atoms with Gasteiger partial charge in [0.25, 0.3) is 0 Å². The van der Waals surface area contributed by atoms with Crippen LogP contribution in [-0.4, -0.2) is 32.0 Å². The fourth-order valence-electron chi connectivity index (χ4n) is 2.59. The molecule has 6 heteroatoms. The number of hydrazone groups is 1. The average Bonchev–Trinajstić information content (AvgIpc) is 2.53. The second kappa shape index (κ2) is 9.78. The first-order valence-electron chi connectivity index (χ1n) is 8.29. The van der Waals surface area contributed by atoms with E-state index in [4.69, 9.17) is 0 Å². The first kappa shape index (κ1) is 20.5. The Bertz CT molecular complexity index is 785. The van der Waals surface area contributed by atoms with Crippen LogP contribution in [0.4, 0.5) is 5.69 Å². The molecule has 0 spiro atoms. The highest BCUT2D eigenvalue weighted by Gasteiger charge is 2.03. The number of amides is 1. The SMILES string of the molecule is Cc1cc(C)cc(CSCC(=O)NN=Cc2ccc(N(C)C)c(Br)c2)c1. The van der Waals surface area contributed by atoms with E-state index in [9.17, 15) is 4.79 Å². The standard InChI is InChI=1S/C20H24BrN3OS/c1-14-7-15(2)9-17(8-14)12-26-13-20(25)23-22-11-16-5-6-19(24(3)4)18(21)10-16/h5-11H,12-13H2,1-4H3,(H,23,25). The van der Waals surface area contributed by atoms with Crippen molar-refractivity contribution in [1.29, 1.82) is 0 Å². The maximum atomic E-state index is 11.9. The Labute approximate surface area is 168 Å². The average molecular weight is 434 g/mol. The smallest absolute Gasteiger partial charge is 0.250 e. The number of benzene rings is 2. The highest BCUT2D eigenvalue weighted by atomic mass is 79.9. The topological polar surface area (TPSA) is 44.7 Å². The third-order valence-electron chi connectivity index (χ3n) is 3.64. The van der Waals surface area contributed by atoms with Crippen molar-refractivity contribution < 1.29 is 4.79 Å². The van der Waals surface area contributed by atoms with E-state index in [2.05, 4.69) is 58.5 Å². The maximum absolute atomic E-state index is 11.9. The van der Waals surface area contributed by atoms with Crippen molar-refractivity contribution in [2.45, 2.75) is 19.6 Å². The van der Waals surface area contributed by atoms with Gasteiger partial charge in [-0.2, -0.15) is 5.10 Å². The van der Waals surface area contributed by atoms with Crippen molar-refractivity contribution in [3.8, 4) is 0 Å². The Balaban J connectivity index is 1.79. The molecule has 2 aromatic rings. The fraction of sp³-hybridized carbons (Fsp3) is 0.300. The number of nitrogens with zero attached hydrogens (tertiary/aromatic N) is 2. The number of hydrogen-bond acceptors (Lipinski definition) is 4. The van der Waals surface area contributed by atoms with Gasteiger partial charge in [-0.1, -0.05) is 35.4 Å². The van der Waals surface area contributed by atoms with E-state index in [-0.39, 0.29) is 5.91 Å². The molecule has 0 atom stereocenters. The minimum atomic E-state index is -0.0976. The van der Waals surface area contributed by atoms with Gasteiger partial charge in [-0.05, 0) is 53.0 Å². The number of nitrogens with one attached hydrogen (secondary N) is 1. The summed E-state index contributed by atoms with van der Waals surface area (Å²) in [5.41, 5.74) is 8.34. The minimum absolute atomic E-state index is 0.0976. The Morgan fingerprint density at radius 1 is 1.19 bits per heavy atom. The molecule has 0 aliphatic rings.